The molecule has 1 N–H and O–H groups in total. The van der Waals surface area contributed by atoms with E-state index in [0.717, 1.165) is 11.1 Å². The van der Waals surface area contributed by atoms with Crippen molar-refractivity contribution in [1.29, 1.82) is 5.26 Å². The molecule has 1 aliphatic rings. The minimum Gasteiger partial charge on any atom is -0.379 e. The van der Waals surface area contributed by atoms with E-state index >= 15 is 0 Å². The van der Waals surface area contributed by atoms with Gasteiger partial charge in [-0.3, -0.25) is 0 Å². The predicted octanol–water partition coefficient (Wildman–Crippen LogP) is 4.93. The van der Waals surface area contributed by atoms with Gasteiger partial charge in [-0.05, 0) is 41.0 Å². The highest BCUT2D eigenvalue weighted by molar-refractivity contribution is 5.64. The maximum Gasteiger partial charge on any atom is 0.133 e. The van der Waals surface area contributed by atoms with Gasteiger partial charge in [0.2, 0.25) is 0 Å². The Labute approximate surface area is 177 Å². The summed E-state index contributed by atoms with van der Waals surface area (Å²) in [5.74, 6) is -0.804. The van der Waals surface area contributed by atoms with E-state index in [1.165, 1.54) is 18.2 Å². The molecule has 1 aliphatic heterocycles. The second-order valence-corrected chi connectivity index (χ2v) is 7.70. The van der Waals surface area contributed by atoms with Crippen LogP contribution in [0.3, 0.4) is 0 Å². The Hall–Kier alpha value is -3.82. The number of benzene rings is 3. The van der Waals surface area contributed by atoms with Crippen molar-refractivity contribution in [3.63, 3.8) is 0 Å². The van der Waals surface area contributed by atoms with E-state index in [-0.39, 0.29) is 17.8 Å². The first kappa shape index (κ1) is 19.2. The van der Waals surface area contributed by atoms with Crippen molar-refractivity contribution < 1.29 is 13.9 Å². The summed E-state index contributed by atoms with van der Waals surface area (Å²) in [5.41, 5.74) is 2.06. The minimum absolute atomic E-state index is 0.229. The highest BCUT2D eigenvalue weighted by Gasteiger charge is 2.45. The molecule has 0 aliphatic carbocycles. The van der Waals surface area contributed by atoms with Gasteiger partial charge in [0.05, 0.1) is 35.9 Å². The summed E-state index contributed by atoms with van der Waals surface area (Å²) in [5, 5.41) is 20.6. The molecule has 0 saturated heterocycles. The smallest absolute Gasteiger partial charge is 0.133 e. The van der Waals surface area contributed by atoms with E-state index in [1.54, 1.807) is 47.4 Å². The maximum atomic E-state index is 14.7. The van der Waals surface area contributed by atoms with Gasteiger partial charge in [-0.25, -0.2) is 13.8 Å². The average Bonchev–Trinajstić information content (AvgIpc) is 3.37. The zero-order valence-electron chi connectivity index (χ0n) is 16.3. The van der Waals surface area contributed by atoms with E-state index in [9.17, 15) is 13.9 Å². The van der Waals surface area contributed by atoms with Crippen molar-refractivity contribution in [2.24, 2.45) is 0 Å². The third-order valence-corrected chi connectivity index (χ3v) is 5.92. The van der Waals surface area contributed by atoms with Crippen LogP contribution in [0.15, 0.2) is 79.3 Å². The molecule has 2 atom stereocenters. The van der Waals surface area contributed by atoms with Crippen LogP contribution in [0, 0.1) is 23.0 Å². The molecule has 152 valence electrons. The average molecular weight is 413 g/mol. The van der Waals surface area contributed by atoms with Crippen LogP contribution < -0.4 is 0 Å². The number of fused-ring (bicyclic) bond motifs is 1. The summed E-state index contributed by atoms with van der Waals surface area (Å²) in [7, 11) is 0. The number of aliphatic hydroxyl groups is 1. The molecular weight excluding hydrogens is 396 g/mol. The fourth-order valence-electron chi connectivity index (χ4n) is 4.35. The van der Waals surface area contributed by atoms with Crippen molar-refractivity contribution in [2.75, 3.05) is 0 Å². The van der Waals surface area contributed by atoms with Gasteiger partial charge in [0, 0.05) is 12.0 Å². The normalized spacial score (nSPS) is 19.7. The Morgan fingerprint density at radius 3 is 2.55 bits per heavy atom. The molecule has 4 nitrogen and oxygen atoms in total. The zero-order chi connectivity index (χ0) is 21.6. The first-order valence-corrected chi connectivity index (χ1v) is 9.80. The van der Waals surface area contributed by atoms with E-state index in [0.29, 0.717) is 16.8 Å². The summed E-state index contributed by atoms with van der Waals surface area (Å²) in [4.78, 5) is 4.17. The highest BCUT2D eigenvalue weighted by atomic mass is 19.1. The van der Waals surface area contributed by atoms with Gasteiger partial charge in [0.25, 0.3) is 0 Å². The van der Waals surface area contributed by atoms with Crippen LogP contribution in [0.25, 0.3) is 11.1 Å². The molecule has 0 amide bonds. The van der Waals surface area contributed by atoms with Crippen LogP contribution in [0.1, 0.15) is 34.8 Å². The summed E-state index contributed by atoms with van der Waals surface area (Å²) < 4.78 is 30.0. The Kier molecular flexibility index (Phi) is 4.42. The van der Waals surface area contributed by atoms with Crippen molar-refractivity contribution in [3.8, 4) is 17.2 Å². The number of nitriles is 1. The van der Waals surface area contributed by atoms with Crippen LogP contribution in [0.2, 0.25) is 0 Å². The number of halogens is 2. The zero-order valence-corrected chi connectivity index (χ0v) is 16.3. The number of hydrogen-bond donors (Lipinski definition) is 1. The third-order valence-electron chi connectivity index (χ3n) is 5.92. The maximum absolute atomic E-state index is 14.7. The molecule has 0 radical (unpaired) electrons. The van der Waals surface area contributed by atoms with Crippen LogP contribution in [0.5, 0.6) is 0 Å². The lowest BCUT2D eigenvalue weighted by molar-refractivity contribution is 0.0792. The van der Waals surface area contributed by atoms with Crippen LogP contribution in [-0.2, 0) is 5.60 Å². The molecule has 6 heteroatoms. The molecule has 1 aromatic heterocycles. The van der Waals surface area contributed by atoms with Gasteiger partial charge in [0.1, 0.15) is 17.2 Å². The van der Waals surface area contributed by atoms with Gasteiger partial charge >= 0.3 is 0 Å². The fraction of sp³-hybridized carbons (Fsp3) is 0.120. The Balaban J connectivity index is 1.53. The van der Waals surface area contributed by atoms with Crippen molar-refractivity contribution in [3.05, 3.63) is 113 Å². The second-order valence-electron chi connectivity index (χ2n) is 7.70. The molecule has 31 heavy (non-hydrogen) atoms. The summed E-state index contributed by atoms with van der Waals surface area (Å²) in [6, 6.07) is 19.4. The Bertz CT molecular complexity index is 1320. The third kappa shape index (κ3) is 3.11. The molecule has 1 unspecified atom stereocenters. The highest BCUT2D eigenvalue weighted by Crippen LogP contribution is 2.47. The Morgan fingerprint density at radius 2 is 1.84 bits per heavy atom. The van der Waals surface area contributed by atoms with Crippen LogP contribution >= 0.6 is 0 Å². The first-order chi connectivity index (χ1) is 15.0. The van der Waals surface area contributed by atoms with E-state index in [1.807, 2.05) is 24.3 Å². The molecule has 2 heterocycles. The molecular formula is C25H17F2N3O. The van der Waals surface area contributed by atoms with E-state index in [4.69, 9.17) is 5.26 Å². The quantitative estimate of drug-likeness (QED) is 0.518. The fourth-order valence-corrected chi connectivity index (χ4v) is 4.35. The summed E-state index contributed by atoms with van der Waals surface area (Å²) in [6.07, 6.45) is 3.39. The summed E-state index contributed by atoms with van der Waals surface area (Å²) in [6.45, 7) is 0. The van der Waals surface area contributed by atoms with Gasteiger partial charge in [-0.2, -0.15) is 5.26 Å². The van der Waals surface area contributed by atoms with Crippen molar-refractivity contribution in [2.45, 2.75) is 18.1 Å². The van der Waals surface area contributed by atoms with Crippen LogP contribution in [-0.4, -0.2) is 14.7 Å². The number of nitrogens with zero attached hydrogens (tertiary/aromatic N) is 3. The largest absolute Gasteiger partial charge is 0.379 e. The van der Waals surface area contributed by atoms with E-state index < -0.39 is 17.5 Å². The molecule has 5 rings (SSSR count). The molecule has 0 spiro atoms. The topological polar surface area (TPSA) is 61.8 Å². The lowest BCUT2D eigenvalue weighted by Gasteiger charge is -2.23. The number of aromatic nitrogens is 2. The minimum atomic E-state index is -1.36. The Morgan fingerprint density at radius 1 is 1.03 bits per heavy atom. The first-order valence-electron chi connectivity index (χ1n) is 9.80. The van der Waals surface area contributed by atoms with Crippen molar-refractivity contribution >= 4 is 0 Å². The van der Waals surface area contributed by atoms with Gasteiger partial charge in [-0.1, -0.05) is 42.5 Å². The molecule has 3 aromatic carbocycles. The van der Waals surface area contributed by atoms with Gasteiger partial charge in [-0.15, -0.1) is 0 Å². The number of hydrogen-bond acceptors (Lipinski definition) is 3. The number of rotatable bonds is 3. The molecule has 4 aromatic rings. The SMILES string of the molecule is N#Cc1ccc([C@H]2CC(O)(c3ccc(-c4cccc(F)c4)cc3)c3cncn32)c(F)c1. The lowest BCUT2D eigenvalue weighted by atomic mass is 9.86. The van der Waals surface area contributed by atoms with Crippen molar-refractivity contribution in [1.82, 2.24) is 9.55 Å². The molecule has 0 saturated carbocycles. The van der Waals surface area contributed by atoms with Gasteiger partial charge < -0.3 is 9.67 Å². The predicted molar refractivity (Wildman–Crippen MR) is 111 cm³/mol. The summed E-state index contributed by atoms with van der Waals surface area (Å²) >= 11 is 0. The van der Waals surface area contributed by atoms with Crippen LogP contribution in [0.4, 0.5) is 8.78 Å². The molecule has 0 bridgehead atoms. The number of imidazole rings is 1. The standard InChI is InChI=1S/C25H17F2N3O/c26-20-3-1-2-18(11-20)17-5-7-19(8-6-17)25(31)12-23(30-15-29-14-24(25)30)21-9-4-16(13-28)10-22(21)27/h1-11,14-15,23,31H,12H2/t23-,25?/m1/s1. The van der Waals surface area contributed by atoms with E-state index in [2.05, 4.69) is 4.98 Å². The molecule has 0 fully saturated rings. The second kappa shape index (κ2) is 7.15. The monoisotopic (exact) mass is 413 g/mol. The van der Waals surface area contributed by atoms with Gasteiger partial charge in [0.15, 0.2) is 0 Å². The lowest BCUT2D eigenvalue weighted by Crippen LogP contribution is -2.24.